The fraction of sp³-hybridized carbons (Fsp3) is 0.857. The van der Waals surface area contributed by atoms with Crippen LogP contribution in [0, 0.1) is 0 Å². The van der Waals surface area contributed by atoms with Gasteiger partial charge in [-0.3, -0.25) is 0 Å². The van der Waals surface area contributed by atoms with Crippen molar-refractivity contribution in [2.75, 3.05) is 27.2 Å². The van der Waals surface area contributed by atoms with Crippen LogP contribution in [-0.4, -0.2) is 43.7 Å². The zero-order valence-corrected chi connectivity index (χ0v) is 11.5. The molecule has 1 atom stereocenters. The standard InChI is InChI=1S/C14H26N2O/c1-4-15-13(12-8-7-11-17-12)14(16(2)3)9-5-6-10-14/h8,13,15H,4-7,9-11H2,1-3H3. The van der Waals surface area contributed by atoms with Gasteiger partial charge in [0, 0.05) is 12.0 Å². The molecule has 1 aliphatic carbocycles. The zero-order chi connectivity index (χ0) is 12.3. The summed E-state index contributed by atoms with van der Waals surface area (Å²) in [5.74, 6) is 1.18. The lowest BCUT2D eigenvalue weighted by Gasteiger charge is -2.43. The molecule has 0 spiro atoms. The molecule has 0 aromatic carbocycles. The Bertz CT molecular complexity index is 280. The van der Waals surface area contributed by atoms with Crippen molar-refractivity contribution in [2.45, 2.75) is 50.6 Å². The lowest BCUT2D eigenvalue weighted by atomic mass is 9.85. The Morgan fingerprint density at radius 3 is 2.59 bits per heavy atom. The minimum atomic E-state index is 0.256. The quantitative estimate of drug-likeness (QED) is 0.794. The Kier molecular flexibility index (Phi) is 4.10. The van der Waals surface area contributed by atoms with Crippen molar-refractivity contribution in [1.29, 1.82) is 0 Å². The molecule has 2 aliphatic rings. The van der Waals surface area contributed by atoms with Gasteiger partial charge < -0.3 is 15.0 Å². The van der Waals surface area contributed by atoms with Crippen molar-refractivity contribution < 1.29 is 4.74 Å². The van der Waals surface area contributed by atoms with Gasteiger partial charge in [-0.05, 0) is 39.6 Å². The molecule has 1 aliphatic heterocycles. The lowest BCUT2D eigenvalue weighted by molar-refractivity contribution is 0.0858. The minimum absolute atomic E-state index is 0.256. The van der Waals surface area contributed by atoms with E-state index in [1.807, 2.05) is 0 Å². The number of ether oxygens (including phenoxy) is 1. The minimum Gasteiger partial charge on any atom is -0.496 e. The van der Waals surface area contributed by atoms with Crippen LogP contribution in [0.3, 0.4) is 0 Å². The molecule has 3 nitrogen and oxygen atoms in total. The topological polar surface area (TPSA) is 24.5 Å². The van der Waals surface area contributed by atoms with Crippen molar-refractivity contribution in [1.82, 2.24) is 10.2 Å². The lowest BCUT2D eigenvalue weighted by Crippen LogP contribution is -2.58. The summed E-state index contributed by atoms with van der Waals surface area (Å²) in [6, 6.07) is 0.368. The van der Waals surface area contributed by atoms with Crippen molar-refractivity contribution in [3.05, 3.63) is 11.8 Å². The third-order valence-electron chi connectivity index (χ3n) is 4.32. The molecule has 0 aromatic heterocycles. The highest BCUT2D eigenvalue weighted by molar-refractivity contribution is 5.18. The van der Waals surface area contributed by atoms with Crippen LogP contribution in [0.2, 0.25) is 0 Å². The molecule has 1 N–H and O–H groups in total. The van der Waals surface area contributed by atoms with Gasteiger partial charge in [0.25, 0.3) is 0 Å². The van der Waals surface area contributed by atoms with E-state index in [0.29, 0.717) is 6.04 Å². The molecule has 98 valence electrons. The first kappa shape index (κ1) is 12.9. The maximum Gasteiger partial charge on any atom is 0.111 e. The summed E-state index contributed by atoms with van der Waals surface area (Å²) in [6.45, 7) is 4.04. The largest absolute Gasteiger partial charge is 0.496 e. The van der Waals surface area contributed by atoms with E-state index in [4.69, 9.17) is 4.74 Å². The summed E-state index contributed by atoms with van der Waals surface area (Å²) in [5.41, 5.74) is 0.256. The van der Waals surface area contributed by atoms with E-state index in [9.17, 15) is 0 Å². The Hall–Kier alpha value is -0.540. The molecule has 0 aromatic rings. The van der Waals surface area contributed by atoms with Gasteiger partial charge in [0.2, 0.25) is 0 Å². The second-order valence-corrected chi connectivity index (χ2v) is 5.44. The molecule has 17 heavy (non-hydrogen) atoms. The van der Waals surface area contributed by atoms with Crippen LogP contribution < -0.4 is 5.32 Å². The summed E-state index contributed by atoms with van der Waals surface area (Å²) in [4.78, 5) is 2.41. The molecule has 1 heterocycles. The first-order valence-corrected chi connectivity index (χ1v) is 6.94. The Morgan fingerprint density at radius 2 is 2.12 bits per heavy atom. The molecule has 1 unspecified atom stereocenters. The van der Waals surface area contributed by atoms with Gasteiger partial charge in [-0.25, -0.2) is 0 Å². The second kappa shape index (κ2) is 5.40. The molecule has 3 heteroatoms. The summed E-state index contributed by atoms with van der Waals surface area (Å²) < 4.78 is 5.83. The predicted octanol–water partition coefficient (Wildman–Crippen LogP) is 2.14. The number of hydrogen-bond donors (Lipinski definition) is 1. The third-order valence-corrected chi connectivity index (χ3v) is 4.32. The third kappa shape index (κ3) is 2.36. The first-order valence-electron chi connectivity index (χ1n) is 6.94. The smallest absolute Gasteiger partial charge is 0.111 e. The van der Waals surface area contributed by atoms with E-state index in [1.165, 1.54) is 31.4 Å². The zero-order valence-electron chi connectivity index (χ0n) is 11.5. The van der Waals surface area contributed by atoms with E-state index in [2.05, 4.69) is 37.3 Å². The number of rotatable bonds is 5. The summed E-state index contributed by atoms with van der Waals surface area (Å²) in [5, 5.41) is 3.65. The highest BCUT2D eigenvalue weighted by atomic mass is 16.5. The normalized spacial score (nSPS) is 24.8. The van der Waals surface area contributed by atoms with Gasteiger partial charge >= 0.3 is 0 Å². The van der Waals surface area contributed by atoms with Gasteiger partial charge in [0.05, 0.1) is 12.6 Å². The molecule has 1 saturated carbocycles. The van der Waals surface area contributed by atoms with E-state index < -0.39 is 0 Å². The molecule has 0 saturated heterocycles. The Labute approximate surface area is 105 Å². The Balaban J connectivity index is 2.23. The van der Waals surface area contributed by atoms with Gasteiger partial charge in [0.1, 0.15) is 5.76 Å². The molecule has 0 radical (unpaired) electrons. The van der Waals surface area contributed by atoms with E-state index in [-0.39, 0.29) is 5.54 Å². The van der Waals surface area contributed by atoms with Crippen molar-refractivity contribution in [2.24, 2.45) is 0 Å². The summed E-state index contributed by atoms with van der Waals surface area (Å²) in [7, 11) is 4.43. The van der Waals surface area contributed by atoms with Gasteiger partial charge in [-0.1, -0.05) is 19.8 Å². The fourth-order valence-corrected chi connectivity index (χ4v) is 3.38. The van der Waals surface area contributed by atoms with Crippen LogP contribution >= 0.6 is 0 Å². The van der Waals surface area contributed by atoms with Gasteiger partial charge in [-0.2, -0.15) is 0 Å². The number of hydrogen-bond acceptors (Lipinski definition) is 3. The summed E-state index contributed by atoms with van der Waals surface area (Å²) in [6.07, 6.45) is 8.58. The highest BCUT2D eigenvalue weighted by Gasteiger charge is 2.45. The predicted molar refractivity (Wildman–Crippen MR) is 71.0 cm³/mol. The number of nitrogens with zero attached hydrogens (tertiary/aromatic N) is 1. The number of nitrogens with one attached hydrogen (secondary N) is 1. The molecule has 1 fully saturated rings. The van der Waals surface area contributed by atoms with Crippen LogP contribution in [0.5, 0.6) is 0 Å². The fourth-order valence-electron chi connectivity index (χ4n) is 3.38. The van der Waals surface area contributed by atoms with E-state index in [1.54, 1.807) is 0 Å². The van der Waals surface area contributed by atoms with E-state index in [0.717, 1.165) is 19.6 Å². The van der Waals surface area contributed by atoms with E-state index >= 15 is 0 Å². The molecular weight excluding hydrogens is 212 g/mol. The van der Waals surface area contributed by atoms with Crippen LogP contribution in [0.25, 0.3) is 0 Å². The molecule has 0 amide bonds. The monoisotopic (exact) mass is 238 g/mol. The molecular formula is C14H26N2O. The second-order valence-electron chi connectivity index (χ2n) is 5.44. The average molecular weight is 238 g/mol. The molecule has 2 rings (SSSR count). The highest BCUT2D eigenvalue weighted by Crippen LogP contribution is 2.40. The first-order chi connectivity index (χ1) is 8.20. The summed E-state index contributed by atoms with van der Waals surface area (Å²) >= 11 is 0. The molecule has 0 bridgehead atoms. The average Bonchev–Trinajstić information content (AvgIpc) is 2.98. The van der Waals surface area contributed by atoms with Crippen molar-refractivity contribution in [3.63, 3.8) is 0 Å². The number of likely N-dealkylation sites (N-methyl/N-ethyl adjacent to an activating group) is 2. The van der Waals surface area contributed by atoms with Crippen molar-refractivity contribution >= 4 is 0 Å². The van der Waals surface area contributed by atoms with Crippen LogP contribution in [0.1, 0.15) is 39.0 Å². The maximum absolute atomic E-state index is 5.83. The van der Waals surface area contributed by atoms with Crippen LogP contribution in [-0.2, 0) is 4.74 Å². The SMILES string of the molecule is CCNC(C1=CCCO1)C1(N(C)C)CCCC1. The Morgan fingerprint density at radius 1 is 1.41 bits per heavy atom. The van der Waals surface area contributed by atoms with Crippen LogP contribution in [0.15, 0.2) is 11.8 Å². The van der Waals surface area contributed by atoms with Gasteiger partial charge in [0.15, 0.2) is 0 Å². The van der Waals surface area contributed by atoms with Crippen LogP contribution in [0.4, 0.5) is 0 Å². The van der Waals surface area contributed by atoms with Crippen molar-refractivity contribution in [3.8, 4) is 0 Å². The maximum atomic E-state index is 5.83. The van der Waals surface area contributed by atoms with Gasteiger partial charge in [-0.15, -0.1) is 0 Å².